The van der Waals surface area contributed by atoms with E-state index >= 15 is 0 Å². The van der Waals surface area contributed by atoms with Gasteiger partial charge in [0.2, 0.25) is 11.8 Å². The maximum Gasteiger partial charge on any atom is 0.228 e. The number of rotatable bonds is 5. The predicted molar refractivity (Wildman–Crippen MR) is 116 cm³/mol. The first kappa shape index (κ1) is 21.2. The molecule has 0 aromatic heterocycles. The van der Waals surface area contributed by atoms with Crippen molar-refractivity contribution < 1.29 is 14.3 Å². The molecular formula is C24H35N3O3. The molecule has 0 spiro atoms. The Labute approximate surface area is 180 Å². The van der Waals surface area contributed by atoms with Crippen molar-refractivity contribution in [3.8, 4) is 5.75 Å². The number of methoxy groups -OCH3 is 1. The van der Waals surface area contributed by atoms with Crippen LogP contribution in [0.5, 0.6) is 5.75 Å². The molecule has 0 N–H and O–H groups in total. The maximum atomic E-state index is 13.5. The molecule has 4 atom stereocenters. The molecule has 0 aliphatic carbocycles. The lowest BCUT2D eigenvalue weighted by molar-refractivity contribution is -0.136. The van der Waals surface area contributed by atoms with Crippen LogP contribution < -0.4 is 4.74 Å². The Balaban J connectivity index is 1.47. The van der Waals surface area contributed by atoms with Crippen LogP contribution in [0.3, 0.4) is 0 Å². The van der Waals surface area contributed by atoms with Gasteiger partial charge in [0.15, 0.2) is 0 Å². The highest BCUT2D eigenvalue weighted by Gasteiger charge is 2.44. The van der Waals surface area contributed by atoms with Crippen molar-refractivity contribution in [2.24, 2.45) is 11.8 Å². The summed E-state index contributed by atoms with van der Waals surface area (Å²) in [7, 11) is 5.38. The average molecular weight is 414 g/mol. The number of likely N-dealkylation sites (tertiary alicyclic amines) is 1. The molecule has 0 unspecified atom stereocenters. The summed E-state index contributed by atoms with van der Waals surface area (Å²) < 4.78 is 5.26. The number of hydrogen-bond acceptors (Lipinski definition) is 4. The number of ether oxygens (including phenoxy) is 1. The number of amides is 2. The topological polar surface area (TPSA) is 53.1 Å². The largest absolute Gasteiger partial charge is 0.497 e. The first-order valence-electron chi connectivity index (χ1n) is 11.4. The third-order valence-corrected chi connectivity index (χ3v) is 7.47. The lowest BCUT2D eigenvalue weighted by Crippen LogP contribution is -2.51. The van der Waals surface area contributed by atoms with Crippen LogP contribution in [0.4, 0.5) is 0 Å². The molecule has 0 saturated carbocycles. The van der Waals surface area contributed by atoms with Crippen molar-refractivity contribution in [1.82, 2.24) is 14.7 Å². The van der Waals surface area contributed by atoms with Gasteiger partial charge in [0.1, 0.15) is 5.75 Å². The van der Waals surface area contributed by atoms with E-state index in [1.54, 1.807) is 12.0 Å². The highest BCUT2D eigenvalue weighted by atomic mass is 16.5. The number of hydrogen-bond donors (Lipinski definition) is 0. The van der Waals surface area contributed by atoms with E-state index in [1.807, 2.05) is 43.3 Å². The predicted octanol–water partition coefficient (Wildman–Crippen LogP) is 2.94. The fourth-order valence-electron chi connectivity index (χ4n) is 5.86. The van der Waals surface area contributed by atoms with Gasteiger partial charge >= 0.3 is 0 Å². The van der Waals surface area contributed by atoms with Crippen LogP contribution in [0.25, 0.3) is 0 Å². The fraction of sp³-hybridized carbons (Fsp3) is 0.667. The van der Waals surface area contributed by atoms with Gasteiger partial charge in [0.25, 0.3) is 0 Å². The molecule has 3 aliphatic rings. The summed E-state index contributed by atoms with van der Waals surface area (Å²) >= 11 is 0. The highest BCUT2D eigenvalue weighted by Crippen LogP contribution is 2.39. The molecule has 6 nitrogen and oxygen atoms in total. The Bertz CT molecular complexity index is 763. The van der Waals surface area contributed by atoms with Crippen molar-refractivity contribution >= 4 is 11.8 Å². The van der Waals surface area contributed by atoms with E-state index in [4.69, 9.17) is 4.74 Å². The number of nitrogens with zero attached hydrogens (tertiary/aromatic N) is 3. The second kappa shape index (κ2) is 8.96. The van der Waals surface area contributed by atoms with Crippen LogP contribution >= 0.6 is 0 Å². The van der Waals surface area contributed by atoms with Gasteiger partial charge in [-0.1, -0.05) is 18.6 Å². The molecule has 6 heteroatoms. The first-order valence-corrected chi connectivity index (χ1v) is 11.4. The average Bonchev–Trinajstić information content (AvgIpc) is 3.07. The summed E-state index contributed by atoms with van der Waals surface area (Å²) in [4.78, 5) is 32.3. The molecule has 1 aromatic carbocycles. The molecule has 3 heterocycles. The number of benzene rings is 1. The van der Waals surface area contributed by atoms with E-state index in [0.717, 1.165) is 17.9 Å². The Morgan fingerprint density at radius 1 is 1.13 bits per heavy atom. The smallest absolute Gasteiger partial charge is 0.228 e. The number of piperidine rings is 2. The summed E-state index contributed by atoms with van der Waals surface area (Å²) in [6, 6.07) is 8.15. The molecular weight excluding hydrogens is 378 g/mol. The van der Waals surface area contributed by atoms with E-state index in [1.165, 1.54) is 45.2 Å². The molecule has 3 fully saturated rings. The molecule has 2 amide bonds. The Kier molecular flexibility index (Phi) is 6.32. The van der Waals surface area contributed by atoms with Gasteiger partial charge < -0.3 is 19.4 Å². The second-order valence-corrected chi connectivity index (χ2v) is 9.25. The van der Waals surface area contributed by atoms with Crippen LogP contribution in [-0.4, -0.2) is 73.4 Å². The zero-order chi connectivity index (χ0) is 21.3. The second-order valence-electron chi connectivity index (χ2n) is 9.25. The molecule has 1 aromatic rings. The van der Waals surface area contributed by atoms with Crippen molar-refractivity contribution in [1.29, 1.82) is 0 Å². The molecule has 0 radical (unpaired) electrons. The Morgan fingerprint density at radius 2 is 1.87 bits per heavy atom. The molecule has 30 heavy (non-hydrogen) atoms. The number of fused-ring (bicyclic) bond motifs is 1. The maximum absolute atomic E-state index is 13.5. The fourth-order valence-corrected chi connectivity index (χ4v) is 5.86. The summed E-state index contributed by atoms with van der Waals surface area (Å²) in [5, 5.41) is 0. The zero-order valence-electron chi connectivity index (χ0n) is 18.5. The standard InChI is InChI=1S/C24H35N3O3/c1-25(16-18-7-6-14-27-13-5-4-8-21(18)27)24(29)20-15-22(28)26(2)23(20)17-9-11-19(30-3)12-10-17/h9-12,18,20-21,23H,4-8,13-16H2,1-3H3/t18-,20+,21+,23+/m0/s1. The van der Waals surface area contributed by atoms with Gasteiger partial charge in [0, 0.05) is 33.1 Å². The van der Waals surface area contributed by atoms with Crippen molar-refractivity contribution in [3.05, 3.63) is 29.8 Å². The van der Waals surface area contributed by atoms with Crippen LogP contribution in [0.1, 0.15) is 50.1 Å². The van der Waals surface area contributed by atoms with Crippen LogP contribution in [-0.2, 0) is 9.59 Å². The van der Waals surface area contributed by atoms with Crippen molar-refractivity contribution in [2.45, 2.75) is 50.6 Å². The van der Waals surface area contributed by atoms with E-state index in [0.29, 0.717) is 12.0 Å². The Morgan fingerprint density at radius 3 is 2.60 bits per heavy atom. The summed E-state index contributed by atoms with van der Waals surface area (Å²) in [6.45, 7) is 3.21. The molecule has 3 saturated heterocycles. The highest BCUT2D eigenvalue weighted by molar-refractivity contribution is 5.90. The zero-order valence-corrected chi connectivity index (χ0v) is 18.5. The Hall–Kier alpha value is -2.08. The lowest BCUT2D eigenvalue weighted by atomic mass is 9.83. The minimum absolute atomic E-state index is 0.0405. The monoisotopic (exact) mass is 413 g/mol. The van der Waals surface area contributed by atoms with Gasteiger partial charge in [-0.25, -0.2) is 0 Å². The third kappa shape index (κ3) is 4.07. The van der Waals surface area contributed by atoms with E-state index in [-0.39, 0.29) is 30.2 Å². The van der Waals surface area contributed by atoms with E-state index in [9.17, 15) is 9.59 Å². The van der Waals surface area contributed by atoms with Crippen LogP contribution in [0, 0.1) is 11.8 Å². The summed E-state index contributed by atoms with van der Waals surface area (Å²) in [6.07, 6.45) is 6.57. The summed E-state index contributed by atoms with van der Waals surface area (Å²) in [5.41, 5.74) is 0.993. The SMILES string of the molecule is COc1ccc([C@@H]2[C@H](C(=O)N(C)C[C@@H]3CCCN4CCCC[C@H]34)CC(=O)N2C)cc1. The first-order chi connectivity index (χ1) is 14.5. The minimum Gasteiger partial charge on any atom is -0.497 e. The van der Waals surface area contributed by atoms with Crippen LogP contribution in [0.2, 0.25) is 0 Å². The van der Waals surface area contributed by atoms with Crippen molar-refractivity contribution in [3.63, 3.8) is 0 Å². The van der Waals surface area contributed by atoms with E-state index < -0.39 is 0 Å². The van der Waals surface area contributed by atoms with Gasteiger partial charge in [-0.15, -0.1) is 0 Å². The van der Waals surface area contributed by atoms with Gasteiger partial charge in [-0.2, -0.15) is 0 Å². The van der Waals surface area contributed by atoms with Crippen molar-refractivity contribution in [2.75, 3.05) is 40.8 Å². The quantitative estimate of drug-likeness (QED) is 0.745. The van der Waals surface area contributed by atoms with Gasteiger partial charge in [0.05, 0.1) is 19.1 Å². The molecule has 4 rings (SSSR count). The molecule has 0 bridgehead atoms. The van der Waals surface area contributed by atoms with Crippen LogP contribution in [0.15, 0.2) is 24.3 Å². The molecule has 164 valence electrons. The minimum atomic E-state index is -0.327. The van der Waals surface area contributed by atoms with E-state index in [2.05, 4.69) is 4.90 Å². The normalized spacial score (nSPS) is 29.6. The number of carbonyl (C=O) groups is 2. The van der Waals surface area contributed by atoms with Gasteiger partial charge in [-0.3, -0.25) is 9.59 Å². The molecule has 3 aliphatic heterocycles. The van der Waals surface area contributed by atoms with Gasteiger partial charge in [-0.05, 0) is 62.4 Å². The lowest BCUT2D eigenvalue weighted by Gasteiger charge is -2.45. The number of carbonyl (C=O) groups excluding carboxylic acids is 2. The summed E-state index contributed by atoms with van der Waals surface area (Å²) in [5.74, 6) is 1.13. The third-order valence-electron chi connectivity index (χ3n) is 7.47.